The van der Waals surface area contributed by atoms with Gasteiger partial charge in [-0.15, -0.1) is 12.6 Å². The molecule has 0 saturated heterocycles. The van der Waals surface area contributed by atoms with E-state index in [1.54, 1.807) is 12.6 Å². The van der Waals surface area contributed by atoms with E-state index < -0.39 is 52.7 Å². The second-order valence-electron chi connectivity index (χ2n) is 4.53. The van der Waals surface area contributed by atoms with E-state index in [0.29, 0.717) is 0 Å². The summed E-state index contributed by atoms with van der Waals surface area (Å²) in [6.07, 6.45) is -38.7. The zero-order valence-corrected chi connectivity index (χ0v) is 12.3. The molecule has 0 aliphatic heterocycles. The van der Waals surface area contributed by atoms with Crippen molar-refractivity contribution in [2.75, 3.05) is 0 Å². The first-order chi connectivity index (χ1) is 11.3. The van der Waals surface area contributed by atoms with Crippen molar-refractivity contribution >= 4 is 12.6 Å². The average Bonchev–Trinajstić information content (AvgIpc) is 2.31. The Morgan fingerprint density at radius 1 is 0.407 bits per heavy atom. The third-order valence-electron chi connectivity index (χ3n) is 2.76. The fraction of sp³-hybridized carbons (Fsp3) is 0.778. The van der Waals surface area contributed by atoms with Gasteiger partial charge in [0.25, 0.3) is 0 Å². The highest BCUT2D eigenvalue weighted by Gasteiger charge is 2.87. The smallest absolute Gasteiger partial charge is 0.218 e. The second kappa shape index (κ2) is 6.47. The van der Waals surface area contributed by atoms with Crippen LogP contribution in [0, 0.1) is 0 Å². The monoisotopic (exact) mass is 464 g/mol. The molecule has 0 aromatic rings. The standard InChI is InChI=1S/C9HF17S/c10-3(6(15,16)17,7(18,19)20)1(2(27)5(12,13)14)4(11,8(21,22)23)9(24,25)26/h27H. The van der Waals surface area contributed by atoms with Crippen LogP contribution in [0.3, 0.4) is 0 Å². The summed E-state index contributed by atoms with van der Waals surface area (Å²) >= 11 is 1.69. The number of alkyl halides is 17. The average molecular weight is 464 g/mol. The molecule has 27 heavy (non-hydrogen) atoms. The summed E-state index contributed by atoms with van der Waals surface area (Å²) < 4.78 is 214. The summed E-state index contributed by atoms with van der Waals surface area (Å²) in [6, 6.07) is 0. The minimum atomic E-state index is -8.06. The Balaban J connectivity index is 7.82. The molecule has 162 valence electrons. The molecule has 0 aliphatic carbocycles. The summed E-state index contributed by atoms with van der Waals surface area (Å²) in [4.78, 5) is -4.36. The number of rotatable bonds is 2. The number of halogens is 17. The highest BCUT2D eigenvalue weighted by molar-refractivity contribution is 7.84. The van der Waals surface area contributed by atoms with Crippen molar-refractivity contribution < 1.29 is 74.6 Å². The van der Waals surface area contributed by atoms with Gasteiger partial charge in [-0.3, -0.25) is 0 Å². The molecule has 18 heteroatoms. The molecule has 0 spiro atoms. The molecule has 0 aliphatic rings. The van der Waals surface area contributed by atoms with Crippen molar-refractivity contribution in [3.8, 4) is 0 Å². The van der Waals surface area contributed by atoms with Crippen molar-refractivity contribution in [2.24, 2.45) is 0 Å². The van der Waals surface area contributed by atoms with Crippen molar-refractivity contribution in [2.45, 2.75) is 42.2 Å². The van der Waals surface area contributed by atoms with Crippen LogP contribution in [0.1, 0.15) is 0 Å². The number of thiol groups is 1. The van der Waals surface area contributed by atoms with Gasteiger partial charge in [0.1, 0.15) is 0 Å². The molecule has 0 bridgehead atoms. The van der Waals surface area contributed by atoms with E-state index in [2.05, 4.69) is 0 Å². The Bertz CT molecular complexity index is 510. The quantitative estimate of drug-likeness (QED) is 0.355. The first kappa shape index (κ1) is 25.9. The Hall–Kier alpha value is -1.10. The zero-order chi connectivity index (χ0) is 22.7. The highest BCUT2D eigenvalue weighted by Crippen LogP contribution is 2.63. The summed E-state index contributed by atoms with van der Waals surface area (Å²) in [5.41, 5.74) is -21.5. The lowest BCUT2D eigenvalue weighted by Crippen LogP contribution is -2.66. The Morgan fingerprint density at radius 2 is 0.593 bits per heavy atom. The molecule has 0 saturated carbocycles. The molecule has 0 atom stereocenters. The normalized spacial score (nSPS) is 15.8. The number of hydrogen-bond donors (Lipinski definition) is 1. The maximum absolute atomic E-state index is 13.7. The van der Waals surface area contributed by atoms with Crippen LogP contribution in [0.4, 0.5) is 74.6 Å². The van der Waals surface area contributed by atoms with Crippen LogP contribution < -0.4 is 0 Å². The van der Waals surface area contributed by atoms with E-state index in [9.17, 15) is 74.6 Å². The Labute approximate surface area is 141 Å². The molecular weight excluding hydrogens is 463 g/mol. The first-order valence-electron chi connectivity index (χ1n) is 5.44. The summed E-state index contributed by atoms with van der Waals surface area (Å²) in [6.45, 7) is 0. The molecule has 0 aromatic heterocycles. The molecule has 0 fully saturated rings. The zero-order valence-electron chi connectivity index (χ0n) is 11.4. The minimum Gasteiger partial charge on any atom is -0.218 e. The maximum atomic E-state index is 13.7. The van der Waals surface area contributed by atoms with Crippen LogP contribution in [0.5, 0.6) is 0 Å². The lowest BCUT2D eigenvalue weighted by molar-refractivity contribution is -0.364. The van der Waals surface area contributed by atoms with E-state index in [1.165, 1.54) is 0 Å². The lowest BCUT2D eigenvalue weighted by atomic mass is 9.80. The lowest BCUT2D eigenvalue weighted by Gasteiger charge is -2.41. The topological polar surface area (TPSA) is 0 Å². The van der Waals surface area contributed by atoms with Crippen LogP contribution in [0.15, 0.2) is 10.5 Å². The van der Waals surface area contributed by atoms with Gasteiger partial charge in [0.15, 0.2) is 0 Å². The van der Waals surface area contributed by atoms with Crippen LogP contribution in [-0.2, 0) is 0 Å². The molecule has 0 radical (unpaired) electrons. The SMILES string of the molecule is FC(F)(F)C(S)=C(C(F)(C(F)(F)F)C(F)(F)F)C(F)(C(F)(F)F)C(F)(F)F. The Morgan fingerprint density at radius 3 is 0.704 bits per heavy atom. The Kier molecular flexibility index (Phi) is 6.20. The van der Waals surface area contributed by atoms with Gasteiger partial charge in [-0.2, -0.15) is 65.9 Å². The van der Waals surface area contributed by atoms with Crippen LogP contribution in [-0.4, -0.2) is 42.2 Å². The number of hydrogen-bond acceptors (Lipinski definition) is 1. The minimum absolute atomic E-state index is 1.69. The van der Waals surface area contributed by atoms with Crippen LogP contribution >= 0.6 is 12.6 Å². The van der Waals surface area contributed by atoms with E-state index in [1.807, 2.05) is 0 Å². The van der Waals surface area contributed by atoms with Crippen LogP contribution in [0.2, 0.25) is 0 Å². The van der Waals surface area contributed by atoms with Gasteiger partial charge < -0.3 is 0 Å². The molecule has 0 aromatic carbocycles. The van der Waals surface area contributed by atoms with Gasteiger partial charge in [-0.1, -0.05) is 0 Å². The van der Waals surface area contributed by atoms with Gasteiger partial charge in [0.2, 0.25) is 0 Å². The third kappa shape index (κ3) is 4.03. The highest BCUT2D eigenvalue weighted by atomic mass is 32.1. The largest absolute Gasteiger partial charge is 0.435 e. The molecule has 0 heterocycles. The molecule has 0 rings (SSSR count). The van der Waals surface area contributed by atoms with Crippen molar-refractivity contribution in [3.05, 3.63) is 10.5 Å². The third-order valence-corrected chi connectivity index (χ3v) is 3.23. The molecule has 0 unspecified atom stereocenters. The fourth-order valence-electron chi connectivity index (χ4n) is 1.59. The van der Waals surface area contributed by atoms with Crippen molar-refractivity contribution in [3.63, 3.8) is 0 Å². The summed E-state index contributed by atoms with van der Waals surface area (Å²) in [7, 11) is 0. The van der Waals surface area contributed by atoms with Gasteiger partial charge >= 0.3 is 42.2 Å². The van der Waals surface area contributed by atoms with Crippen molar-refractivity contribution in [1.82, 2.24) is 0 Å². The molecule has 0 nitrogen and oxygen atoms in total. The number of allylic oxidation sites excluding steroid dienone is 2. The van der Waals surface area contributed by atoms with Gasteiger partial charge in [-0.25, -0.2) is 8.78 Å². The predicted octanol–water partition coefficient (Wildman–Crippen LogP) is 6.40. The van der Waals surface area contributed by atoms with Gasteiger partial charge in [0.05, 0.1) is 10.5 Å². The predicted molar refractivity (Wildman–Crippen MR) is 54.0 cm³/mol. The molecule has 0 N–H and O–H groups in total. The summed E-state index contributed by atoms with van der Waals surface area (Å²) in [5, 5.41) is 0. The van der Waals surface area contributed by atoms with E-state index in [4.69, 9.17) is 0 Å². The van der Waals surface area contributed by atoms with E-state index in [0.717, 1.165) is 0 Å². The van der Waals surface area contributed by atoms with Gasteiger partial charge in [-0.05, 0) is 0 Å². The van der Waals surface area contributed by atoms with Gasteiger partial charge in [0, 0.05) is 0 Å². The summed E-state index contributed by atoms with van der Waals surface area (Å²) in [5.74, 6) is 0. The molecular formula is C9HF17S. The second-order valence-corrected chi connectivity index (χ2v) is 4.98. The van der Waals surface area contributed by atoms with E-state index >= 15 is 0 Å². The maximum Gasteiger partial charge on any atom is 0.435 e. The van der Waals surface area contributed by atoms with Crippen molar-refractivity contribution in [1.29, 1.82) is 0 Å². The van der Waals surface area contributed by atoms with Crippen LogP contribution in [0.25, 0.3) is 0 Å². The van der Waals surface area contributed by atoms with E-state index in [-0.39, 0.29) is 0 Å². The fourth-order valence-corrected chi connectivity index (χ4v) is 1.90. The first-order valence-corrected chi connectivity index (χ1v) is 5.88. The molecule has 0 amide bonds.